The minimum absolute atomic E-state index is 0.0104. The van der Waals surface area contributed by atoms with Gasteiger partial charge in [-0.25, -0.2) is 0 Å². The largest absolute Gasteiger partial charge is 0.480 e. The van der Waals surface area contributed by atoms with Crippen molar-refractivity contribution in [3.63, 3.8) is 0 Å². The van der Waals surface area contributed by atoms with E-state index in [2.05, 4.69) is 31.4 Å². The molecule has 7 heteroatoms. The molecule has 0 aromatic heterocycles. The van der Waals surface area contributed by atoms with Crippen molar-refractivity contribution in [1.82, 2.24) is 10.6 Å². The molecule has 0 aliphatic carbocycles. The summed E-state index contributed by atoms with van der Waals surface area (Å²) in [6.45, 7) is 16.8. The number of aliphatic hydroxyl groups is 1. The Morgan fingerprint density at radius 3 is 1.85 bits per heavy atom. The van der Waals surface area contributed by atoms with Gasteiger partial charge in [-0.3, -0.25) is 14.9 Å². The minimum Gasteiger partial charge on any atom is -0.480 e. The molecule has 0 radical (unpaired) electrons. The molecule has 1 atom stereocenters. The highest BCUT2D eigenvalue weighted by Gasteiger charge is 2.31. The molecule has 0 rings (SSSR count). The summed E-state index contributed by atoms with van der Waals surface area (Å²) < 4.78 is 0. The summed E-state index contributed by atoms with van der Waals surface area (Å²) in [5.74, 6) is 0.0450. The zero-order chi connectivity index (χ0) is 27.0. The molecule has 0 saturated carbocycles. The summed E-state index contributed by atoms with van der Waals surface area (Å²) in [6.07, 6.45) is 8.93. The molecule has 204 valence electrons. The topological polar surface area (TPSA) is 116 Å². The first-order valence-electron chi connectivity index (χ1n) is 13.5. The second kappa shape index (κ2) is 24.6. The first-order valence-corrected chi connectivity index (χ1v) is 13.5. The Morgan fingerprint density at radius 1 is 0.912 bits per heavy atom. The second-order valence-corrected chi connectivity index (χ2v) is 8.66. The Morgan fingerprint density at radius 2 is 1.47 bits per heavy atom. The Labute approximate surface area is 209 Å². The fourth-order valence-corrected chi connectivity index (χ4v) is 3.61. The van der Waals surface area contributed by atoms with Crippen molar-refractivity contribution in [1.29, 1.82) is 0 Å². The second-order valence-electron chi connectivity index (χ2n) is 8.66. The molecule has 0 heterocycles. The van der Waals surface area contributed by atoms with Crippen LogP contribution in [0, 0.1) is 5.92 Å². The van der Waals surface area contributed by atoms with E-state index in [1.165, 1.54) is 19.8 Å². The maximum atomic E-state index is 11.2. The summed E-state index contributed by atoms with van der Waals surface area (Å²) in [5.41, 5.74) is -0.366. The highest BCUT2D eigenvalue weighted by Crippen LogP contribution is 2.21. The van der Waals surface area contributed by atoms with Gasteiger partial charge in [0, 0.05) is 31.5 Å². The number of carboxylic acid groups (broad SMARTS) is 1. The fraction of sp³-hybridized carbons (Fsp3) is 0.889. The Hall–Kier alpha value is -1.47. The van der Waals surface area contributed by atoms with Crippen molar-refractivity contribution in [2.24, 2.45) is 5.92 Å². The van der Waals surface area contributed by atoms with Gasteiger partial charge >= 0.3 is 5.97 Å². The average Bonchev–Trinajstić information content (AvgIpc) is 2.83. The molecule has 0 bridgehead atoms. The molecule has 7 nitrogen and oxygen atoms in total. The van der Waals surface area contributed by atoms with E-state index in [0.717, 1.165) is 44.6 Å². The third-order valence-corrected chi connectivity index (χ3v) is 6.29. The van der Waals surface area contributed by atoms with Crippen LogP contribution in [0.3, 0.4) is 0 Å². The number of amides is 1. The normalized spacial score (nSPS) is 11.6. The van der Waals surface area contributed by atoms with E-state index in [1.54, 1.807) is 0 Å². The number of aliphatic hydroxyl groups excluding tert-OH is 1. The standard InChI is InChI=1S/C13H25NO4.C12H25NO.C2H6/c1-4-13(5-2,8-9-15)14-11(12(17)18)7-6-10(3)16;1-4-7-8-12(14)13-10-9-11(5-2)6-3;1-2/h11,14-15H,4-9H2,1-3H3,(H,17,18);11H,4-10H2,1-3H3,(H,13,14);1-2H3/t11-;;/m0../s1. The lowest BCUT2D eigenvalue weighted by molar-refractivity contribution is -0.140. The smallest absolute Gasteiger partial charge is 0.320 e. The van der Waals surface area contributed by atoms with Crippen molar-refractivity contribution in [2.75, 3.05) is 13.2 Å². The van der Waals surface area contributed by atoms with Crippen LogP contribution in [0.25, 0.3) is 0 Å². The van der Waals surface area contributed by atoms with E-state index in [-0.39, 0.29) is 36.7 Å². The number of nitrogens with one attached hydrogen (secondary N) is 2. The summed E-state index contributed by atoms with van der Waals surface area (Å²) in [7, 11) is 0. The molecular formula is C27H56N2O5. The predicted molar refractivity (Wildman–Crippen MR) is 142 cm³/mol. The molecule has 0 aromatic carbocycles. The predicted octanol–water partition coefficient (Wildman–Crippen LogP) is 5.48. The zero-order valence-corrected chi connectivity index (χ0v) is 23.5. The molecule has 0 fully saturated rings. The van der Waals surface area contributed by atoms with Gasteiger partial charge in [0.1, 0.15) is 11.8 Å². The van der Waals surface area contributed by atoms with Crippen molar-refractivity contribution in [3.8, 4) is 0 Å². The van der Waals surface area contributed by atoms with E-state index in [1.807, 2.05) is 27.7 Å². The number of carbonyl (C=O) groups excluding carboxylic acids is 2. The highest BCUT2D eigenvalue weighted by molar-refractivity contribution is 5.78. The number of ketones is 1. The quantitative estimate of drug-likeness (QED) is 0.203. The third-order valence-electron chi connectivity index (χ3n) is 6.29. The molecule has 4 N–H and O–H groups in total. The molecule has 0 aromatic rings. The average molecular weight is 489 g/mol. The molecule has 0 aliphatic rings. The number of Topliss-reactive ketones (excluding diaryl/α,β-unsaturated/α-hetero) is 1. The number of rotatable bonds is 18. The molecule has 0 aliphatic heterocycles. The fourth-order valence-electron chi connectivity index (χ4n) is 3.61. The molecule has 0 spiro atoms. The van der Waals surface area contributed by atoms with E-state index >= 15 is 0 Å². The molecule has 0 unspecified atom stereocenters. The van der Waals surface area contributed by atoms with Gasteiger partial charge in [0.05, 0.1) is 0 Å². The Bertz CT molecular complexity index is 503. The number of carbonyl (C=O) groups is 3. The van der Waals surface area contributed by atoms with Crippen LogP contribution < -0.4 is 10.6 Å². The van der Waals surface area contributed by atoms with Gasteiger partial charge in [0.25, 0.3) is 0 Å². The maximum absolute atomic E-state index is 11.2. The lowest BCUT2D eigenvalue weighted by Gasteiger charge is -2.35. The lowest BCUT2D eigenvalue weighted by Crippen LogP contribution is -2.53. The number of carboxylic acids is 1. The highest BCUT2D eigenvalue weighted by atomic mass is 16.4. The summed E-state index contributed by atoms with van der Waals surface area (Å²) in [6, 6.07) is -0.736. The van der Waals surface area contributed by atoms with Gasteiger partial charge < -0.3 is 20.3 Å². The van der Waals surface area contributed by atoms with Crippen LogP contribution in [0.4, 0.5) is 0 Å². The molecule has 1 amide bonds. The van der Waals surface area contributed by atoms with Gasteiger partial charge in [-0.1, -0.05) is 67.7 Å². The first-order chi connectivity index (χ1) is 16.1. The van der Waals surface area contributed by atoms with Crippen LogP contribution in [0.1, 0.15) is 126 Å². The third kappa shape index (κ3) is 20.0. The summed E-state index contributed by atoms with van der Waals surface area (Å²) in [5, 5.41) is 24.4. The van der Waals surface area contributed by atoms with Crippen molar-refractivity contribution < 1.29 is 24.6 Å². The van der Waals surface area contributed by atoms with Crippen molar-refractivity contribution >= 4 is 17.7 Å². The van der Waals surface area contributed by atoms with Crippen LogP contribution in [0.15, 0.2) is 0 Å². The van der Waals surface area contributed by atoms with Gasteiger partial charge in [0.15, 0.2) is 0 Å². The van der Waals surface area contributed by atoms with Crippen LogP contribution in [-0.2, 0) is 14.4 Å². The Balaban J connectivity index is -0.000000541. The summed E-state index contributed by atoms with van der Waals surface area (Å²) in [4.78, 5) is 33.4. The minimum atomic E-state index is -0.944. The number of unbranched alkanes of at least 4 members (excludes halogenated alkanes) is 1. The summed E-state index contributed by atoms with van der Waals surface area (Å²) >= 11 is 0. The monoisotopic (exact) mass is 488 g/mol. The van der Waals surface area contributed by atoms with E-state index in [4.69, 9.17) is 5.11 Å². The lowest BCUT2D eigenvalue weighted by atomic mass is 9.87. The van der Waals surface area contributed by atoms with E-state index in [0.29, 0.717) is 12.8 Å². The van der Waals surface area contributed by atoms with Crippen LogP contribution >= 0.6 is 0 Å². The first kappa shape index (κ1) is 37.1. The van der Waals surface area contributed by atoms with Crippen molar-refractivity contribution in [2.45, 2.75) is 138 Å². The number of hydrogen-bond acceptors (Lipinski definition) is 5. The van der Waals surface area contributed by atoms with Crippen LogP contribution in [0.5, 0.6) is 0 Å². The molecule has 34 heavy (non-hydrogen) atoms. The van der Waals surface area contributed by atoms with Gasteiger partial charge in [-0.2, -0.15) is 0 Å². The molecule has 0 saturated heterocycles. The SMILES string of the molecule is CC.CCC(CC)(CCO)N[C@@H](CCC(C)=O)C(=O)O.CCCCC(=O)NCCC(CC)CC. The number of aliphatic carboxylic acids is 1. The Kier molecular flexibility index (Phi) is 26.9. The number of hydrogen-bond donors (Lipinski definition) is 4. The van der Waals surface area contributed by atoms with E-state index in [9.17, 15) is 19.5 Å². The van der Waals surface area contributed by atoms with Gasteiger partial charge in [-0.05, 0) is 51.4 Å². The van der Waals surface area contributed by atoms with Crippen molar-refractivity contribution in [3.05, 3.63) is 0 Å². The maximum Gasteiger partial charge on any atom is 0.320 e. The van der Waals surface area contributed by atoms with Crippen LogP contribution in [0.2, 0.25) is 0 Å². The zero-order valence-electron chi connectivity index (χ0n) is 23.5. The van der Waals surface area contributed by atoms with Gasteiger partial charge in [-0.15, -0.1) is 0 Å². The van der Waals surface area contributed by atoms with Gasteiger partial charge in [0.2, 0.25) is 5.91 Å². The van der Waals surface area contributed by atoms with Crippen LogP contribution in [-0.4, -0.2) is 52.6 Å². The van der Waals surface area contributed by atoms with E-state index < -0.39 is 12.0 Å². The molecular weight excluding hydrogens is 432 g/mol.